The normalized spacial score (nSPS) is 12.1. The number of ether oxygens (including phenoxy) is 1. The Morgan fingerprint density at radius 3 is 3.00 bits per heavy atom. The van der Waals surface area contributed by atoms with Crippen LogP contribution in [0.3, 0.4) is 0 Å². The van der Waals surface area contributed by atoms with Crippen LogP contribution in [0.15, 0.2) is 24.3 Å². The molecule has 0 aliphatic rings. The average Bonchev–Trinajstić information content (AvgIpc) is 2.93. The van der Waals surface area contributed by atoms with Crippen LogP contribution in [0, 0.1) is 0 Å². The molecule has 0 fully saturated rings. The fraction of sp³-hybridized carbons (Fsp3) is 0.308. The van der Waals surface area contributed by atoms with Crippen LogP contribution in [0.4, 0.5) is 5.13 Å². The van der Waals surface area contributed by atoms with Crippen molar-refractivity contribution in [2.24, 2.45) is 5.73 Å². The number of hydrogen-bond donors (Lipinski definition) is 2. The molecule has 0 bridgehead atoms. The molecular weight excluding hydrogens is 312 g/mol. The monoisotopic (exact) mass is 326 g/mol. The Labute approximate surface area is 131 Å². The molecule has 0 saturated heterocycles. The number of methoxy groups -OCH3 is 1. The van der Waals surface area contributed by atoms with E-state index in [0.717, 1.165) is 5.56 Å². The Bertz CT molecular complexity index is 616. The van der Waals surface area contributed by atoms with Gasteiger partial charge in [-0.05, 0) is 12.1 Å². The van der Waals surface area contributed by atoms with Gasteiger partial charge in [0.1, 0.15) is 5.01 Å². The molecule has 0 saturated carbocycles. The van der Waals surface area contributed by atoms with E-state index in [1.807, 2.05) is 12.1 Å². The number of halogens is 1. The molecule has 1 heterocycles. The first-order valence-electron chi connectivity index (χ1n) is 6.24. The summed E-state index contributed by atoms with van der Waals surface area (Å²) in [7, 11) is 1.52. The number of nitrogens with two attached hydrogens (primary N) is 1. The van der Waals surface area contributed by atoms with Crippen molar-refractivity contribution in [3.05, 3.63) is 29.3 Å². The highest BCUT2D eigenvalue weighted by molar-refractivity contribution is 7.18. The molecule has 1 unspecified atom stereocenters. The molecule has 0 aliphatic carbocycles. The number of aromatic nitrogens is 2. The quantitative estimate of drug-likeness (QED) is 0.849. The Hall–Kier alpha value is -1.54. The van der Waals surface area contributed by atoms with Crippen LogP contribution in [0.25, 0.3) is 10.6 Å². The van der Waals surface area contributed by atoms with Crippen molar-refractivity contribution in [1.29, 1.82) is 0 Å². The number of nitrogens with one attached hydrogen (secondary N) is 1. The number of benzene rings is 1. The number of carbonyl (C=O) groups is 1. The molecule has 0 aliphatic heterocycles. The maximum Gasteiger partial charge on any atom is 0.228 e. The minimum Gasteiger partial charge on any atom is -0.380 e. The maximum atomic E-state index is 11.8. The average molecular weight is 327 g/mol. The van der Waals surface area contributed by atoms with Gasteiger partial charge in [-0.1, -0.05) is 35.1 Å². The van der Waals surface area contributed by atoms with Gasteiger partial charge in [-0.3, -0.25) is 4.79 Å². The Morgan fingerprint density at radius 1 is 1.52 bits per heavy atom. The van der Waals surface area contributed by atoms with Crippen LogP contribution in [0.5, 0.6) is 0 Å². The summed E-state index contributed by atoms with van der Waals surface area (Å²) in [4.78, 5) is 11.8. The predicted molar refractivity (Wildman–Crippen MR) is 83.5 cm³/mol. The third kappa shape index (κ3) is 4.47. The Kier molecular flexibility index (Phi) is 5.63. The van der Waals surface area contributed by atoms with Gasteiger partial charge < -0.3 is 15.8 Å². The van der Waals surface area contributed by atoms with Crippen LogP contribution >= 0.6 is 22.9 Å². The first-order chi connectivity index (χ1) is 10.1. The fourth-order valence-electron chi connectivity index (χ4n) is 1.65. The van der Waals surface area contributed by atoms with Crippen LogP contribution in [0.2, 0.25) is 5.02 Å². The second-order valence-corrected chi connectivity index (χ2v) is 5.68. The first kappa shape index (κ1) is 15.8. The van der Waals surface area contributed by atoms with E-state index in [9.17, 15) is 4.79 Å². The number of amides is 1. The summed E-state index contributed by atoms with van der Waals surface area (Å²) in [5.74, 6) is -0.207. The van der Waals surface area contributed by atoms with E-state index in [-0.39, 0.29) is 25.0 Å². The van der Waals surface area contributed by atoms with Crippen LogP contribution in [-0.2, 0) is 9.53 Å². The lowest BCUT2D eigenvalue weighted by molar-refractivity contribution is -0.118. The summed E-state index contributed by atoms with van der Waals surface area (Å²) < 4.78 is 5.06. The molecule has 6 nitrogen and oxygen atoms in total. The van der Waals surface area contributed by atoms with Crippen molar-refractivity contribution in [2.75, 3.05) is 19.0 Å². The van der Waals surface area contributed by atoms with E-state index in [1.54, 1.807) is 12.1 Å². The highest BCUT2D eigenvalue weighted by Gasteiger charge is 2.14. The van der Waals surface area contributed by atoms with Gasteiger partial charge in [0.25, 0.3) is 0 Å². The topological polar surface area (TPSA) is 90.1 Å². The van der Waals surface area contributed by atoms with Crippen molar-refractivity contribution >= 4 is 34.0 Å². The molecule has 0 radical (unpaired) electrons. The van der Waals surface area contributed by atoms with Gasteiger partial charge in [0, 0.05) is 24.2 Å². The van der Waals surface area contributed by atoms with Gasteiger partial charge in [-0.15, -0.1) is 10.2 Å². The number of hydrogen-bond acceptors (Lipinski definition) is 6. The van der Waals surface area contributed by atoms with Gasteiger partial charge in [-0.2, -0.15) is 0 Å². The largest absolute Gasteiger partial charge is 0.380 e. The van der Waals surface area contributed by atoms with Gasteiger partial charge in [-0.25, -0.2) is 0 Å². The van der Waals surface area contributed by atoms with E-state index >= 15 is 0 Å². The van der Waals surface area contributed by atoms with Crippen molar-refractivity contribution in [2.45, 2.75) is 12.5 Å². The molecule has 3 N–H and O–H groups in total. The van der Waals surface area contributed by atoms with Gasteiger partial charge in [0.05, 0.1) is 12.5 Å². The highest BCUT2D eigenvalue weighted by Crippen LogP contribution is 2.28. The Balaban J connectivity index is 2.02. The van der Waals surface area contributed by atoms with E-state index in [1.165, 1.54) is 18.4 Å². The zero-order chi connectivity index (χ0) is 15.2. The molecule has 1 aromatic carbocycles. The highest BCUT2D eigenvalue weighted by atomic mass is 35.5. The number of rotatable bonds is 6. The van der Waals surface area contributed by atoms with E-state index < -0.39 is 0 Å². The van der Waals surface area contributed by atoms with Crippen LogP contribution < -0.4 is 11.1 Å². The van der Waals surface area contributed by atoms with Gasteiger partial charge >= 0.3 is 0 Å². The molecule has 21 heavy (non-hydrogen) atoms. The summed E-state index contributed by atoms with van der Waals surface area (Å²) in [6.45, 7) is 0.286. The summed E-state index contributed by atoms with van der Waals surface area (Å²) in [5, 5.41) is 12.4. The predicted octanol–water partition coefficient (Wildman–Crippen LogP) is 2.16. The summed E-state index contributed by atoms with van der Waals surface area (Å²) in [5.41, 5.74) is 6.33. The lowest BCUT2D eigenvalue weighted by atomic mass is 10.2. The molecule has 2 aromatic rings. The molecule has 1 atom stereocenters. The summed E-state index contributed by atoms with van der Waals surface area (Å²) in [6.07, 6.45) is -0.121. The molecule has 1 amide bonds. The van der Waals surface area contributed by atoms with Crippen molar-refractivity contribution in [3.63, 3.8) is 0 Å². The molecular formula is C13H15ClN4O2S. The Morgan fingerprint density at radius 2 is 2.33 bits per heavy atom. The van der Waals surface area contributed by atoms with Crippen LogP contribution in [-0.4, -0.2) is 35.9 Å². The second kappa shape index (κ2) is 7.46. The van der Waals surface area contributed by atoms with Gasteiger partial charge in [0.15, 0.2) is 0 Å². The zero-order valence-electron chi connectivity index (χ0n) is 11.4. The SMILES string of the molecule is COC(CN)CC(=O)Nc1nnc(-c2cccc(Cl)c2)s1. The second-order valence-electron chi connectivity index (χ2n) is 4.27. The van der Waals surface area contributed by atoms with Crippen molar-refractivity contribution < 1.29 is 9.53 Å². The van der Waals surface area contributed by atoms with Crippen molar-refractivity contribution in [3.8, 4) is 10.6 Å². The fourth-order valence-corrected chi connectivity index (χ4v) is 2.60. The van der Waals surface area contributed by atoms with E-state index in [0.29, 0.717) is 15.2 Å². The lowest BCUT2D eigenvalue weighted by Gasteiger charge is -2.11. The first-order valence-corrected chi connectivity index (χ1v) is 7.44. The minimum absolute atomic E-state index is 0.180. The third-order valence-electron chi connectivity index (χ3n) is 2.75. The lowest BCUT2D eigenvalue weighted by Crippen LogP contribution is -2.28. The molecule has 8 heteroatoms. The van der Waals surface area contributed by atoms with E-state index in [4.69, 9.17) is 22.1 Å². The molecule has 2 rings (SSSR count). The zero-order valence-corrected chi connectivity index (χ0v) is 12.9. The van der Waals surface area contributed by atoms with Crippen LogP contribution in [0.1, 0.15) is 6.42 Å². The van der Waals surface area contributed by atoms with Crippen molar-refractivity contribution in [1.82, 2.24) is 10.2 Å². The third-order valence-corrected chi connectivity index (χ3v) is 3.88. The number of carbonyl (C=O) groups excluding carboxylic acids is 1. The maximum absolute atomic E-state index is 11.8. The number of nitrogens with zero attached hydrogens (tertiary/aromatic N) is 2. The summed E-state index contributed by atoms with van der Waals surface area (Å²) in [6, 6.07) is 7.30. The minimum atomic E-state index is -0.301. The van der Waals surface area contributed by atoms with Gasteiger partial charge in [0.2, 0.25) is 11.0 Å². The van der Waals surface area contributed by atoms with E-state index in [2.05, 4.69) is 15.5 Å². The number of anilines is 1. The smallest absolute Gasteiger partial charge is 0.228 e. The molecule has 112 valence electrons. The summed E-state index contributed by atoms with van der Waals surface area (Å²) >= 11 is 7.22. The molecule has 1 aromatic heterocycles. The molecule has 0 spiro atoms. The standard InChI is InChI=1S/C13H15ClN4O2S/c1-20-10(7-15)6-11(19)16-13-18-17-12(21-13)8-3-2-4-9(14)5-8/h2-5,10H,6-7,15H2,1H3,(H,16,18,19).